The normalized spacial score (nSPS) is 16.5. The molecule has 0 saturated heterocycles. The van der Waals surface area contributed by atoms with E-state index in [0.717, 1.165) is 27.4 Å². The van der Waals surface area contributed by atoms with Crippen molar-refractivity contribution in [3.05, 3.63) is 56.9 Å². The van der Waals surface area contributed by atoms with Crippen molar-refractivity contribution in [1.82, 2.24) is 5.32 Å². The molecule has 100 valence electrons. The van der Waals surface area contributed by atoms with Crippen LogP contribution in [0.1, 0.15) is 30.2 Å². The number of nitrogens with one attached hydrogen (secondary N) is 1. The van der Waals surface area contributed by atoms with Gasteiger partial charge in [0.2, 0.25) is 0 Å². The average Bonchev–Trinajstić information content (AvgIpc) is 3.19. The molecule has 0 radical (unpaired) electrons. The molecule has 1 aromatic heterocycles. The minimum atomic E-state index is 0.434. The van der Waals surface area contributed by atoms with Crippen LogP contribution in [0.2, 0.25) is 0 Å². The van der Waals surface area contributed by atoms with Crippen LogP contribution in [0.5, 0.6) is 0 Å². The molecule has 1 saturated carbocycles. The van der Waals surface area contributed by atoms with Gasteiger partial charge in [-0.3, -0.25) is 0 Å². The van der Waals surface area contributed by atoms with Crippen LogP contribution in [0.4, 0.5) is 0 Å². The summed E-state index contributed by atoms with van der Waals surface area (Å²) in [5, 5.41) is 3.62. The molecule has 0 bridgehead atoms. The lowest BCUT2D eigenvalue weighted by atomic mass is 10.0. The van der Waals surface area contributed by atoms with Crippen LogP contribution in [0.15, 0.2) is 50.0 Å². The van der Waals surface area contributed by atoms with Crippen LogP contribution < -0.4 is 5.32 Å². The predicted molar refractivity (Wildman–Crippen MR) is 82.9 cm³/mol. The molecule has 19 heavy (non-hydrogen) atoms. The number of halogens is 2. The molecular formula is C15H15Br2NO. The van der Waals surface area contributed by atoms with Crippen molar-refractivity contribution >= 4 is 31.9 Å². The summed E-state index contributed by atoms with van der Waals surface area (Å²) in [6.45, 7) is 0.750. The lowest BCUT2D eigenvalue weighted by molar-refractivity contribution is 0.417. The lowest BCUT2D eigenvalue weighted by Crippen LogP contribution is -2.22. The fourth-order valence-electron chi connectivity index (χ4n) is 2.34. The van der Waals surface area contributed by atoms with Gasteiger partial charge in [0.05, 0.1) is 11.0 Å². The Balaban J connectivity index is 1.69. The van der Waals surface area contributed by atoms with E-state index < -0.39 is 0 Å². The van der Waals surface area contributed by atoms with E-state index in [-0.39, 0.29) is 0 Å². The van der Waals surface area contributed by atoms with Crippen molar-refractivity contribution < 1.29 is 4.42 Å². The second-order valence-corrected chi connectivity index (χ2v) is 6.52. The summed E-state index contributed by atoms with van der Waals surface area (Å²) in [4.78, 5) is 0. The maximum absolute atomic E-state index is 5.61. The van der Waals surface area contributed by atoms with Crippen molar-refractivity contribution in [1.29, 1.82) is 0 Å². The van der Waals surface area contributed by atoms with E-state index in [1.54, 1.807) is 0 Å². The van der Waals surface area contributed by atoms with E-state index in [2.05, 4.69) is 67.5 Å². The van der Waals surface area contributed by atoms with E-state index in [9.17, 15) is 0 Å². The zero-order valence-corrected chi connectivity index (χ0v) is 13.6. The molecular weight excluding hydrogens is 370 g/mol. The van der Waals surface area contributed by atoms with Crippen molar-refractivity contribution in [2.45, 2.75) is 25.4 Å². The van der Waals surface area contributed by atoms with Crippen LogP contribution in [-0.4, -0.2) is 0 Å². The molecule has 1 fully saturated rings. The average molecular weight is 385 g/mol. The highest BCUT2D eigenvalue weighted by Crippen LogP contribution is 2.41. The second-order valence-electron chi connectivity index (χ2n) is 4.94. The highest BCUT2D eigenvalue weighted by atomic mass is 79.9. The van der Waals surface area contributed by atoms with Crippen LogP contribution in [0.25, 0.3) is 0 Å². The molecule has 1 aromatic carbocycles. The Morgan fingerprint density at radius 3 is 2.53 bits per heavy atom. The van der Waals surface area contributed by atoms with E-state index in [1.165, 1.54) is 18.4 Å². The summed E-state index contributed by atoms with van der Waals surface area (Å²) in [5.74, 6) is 1.71. The highest BCUT2D eigenvalue weighted by Gasteiger charge is 2.31. The fraction of sp³-hybridized carbons (Fsp3) is 0.333. The molecule has 1 aliphatic carbocycles. The second kappa shape index (κ2) is 5.81. The molecule has 1 atom stereocenters. The lowest BCUT2D eigenvalue weighted by Gasteiger charge is -2.18. The maximum atomic E-state index is 5.61. The Morgan fingerprint density at radius 1 is 1.21 bits per heavy atom. The molecule has 0 spiro atoms. The van der Waals surface area contributed by atoms with Crippen LogP contribution in [-0.2, 0) is 6.54 Å². The Kier molecular flexibility index (Phi) is 4.10. The van der Waals surface area contributed by atoms with E-state index in [0.29, 0.717) is 6.04 Å². The fourth-order valence-corrected chi connectivity index (χ4v) is 2.99. The summed E-state index contributed by atoms with van der Waals surface area (Å²) in [5.41, 5.74) is 1.37. The molecule has 2 nitrogen and oxygen atoms in total. The zero-order valence-electron chi connectivity index (χ0n) is 10.4. The van der Waals surface area contributed by atoms with Gasteiger partial charge in [-0.1, -0.05) is 30.3 Å². The van der Waals surface area contributed by atoms with Gasteiger partial charge in [0, 0.05) is 6.04 Å². The number of hydrogen-bond donors (Lipinski definition) is 1. The van der Waals surface area contributed by atoms with E-state index in [1.807, 2.05) is 6.07 Å². The molecule has 1 unspecified atom stereocenters. The van der Waals surface area contributed by atoms with Gasteiger partial charge in [0.1, 0.15) is 5.76 Å². The zero-order chi connectivity index (χ0) is 13.2. The first-order valence-electron chi connectivity index (χ1n) is 6.46. The first-order chi connectivity index (χ1) is 9.24. The molecule has 1 heterocycles. The third-order valence-electron chi connectivity index (χ3n) is 3.44. The maximum Gasteiger partial charge on any atom is 0.183 e. The molecule has 0 amide bonds. The summed E-state index contributed by atoms with van der Waals surface area (Å²) in [6.07, 6.45) is 2.64. The molecule has 0 aliphatic heterocycles. The summed E-state index contributed by atoms with van der Waals surface area (Å²) < 4.78 is 7.33. The van der Waals surface area contributed by atoms with Crippen LogP contribution in [0.3, 0.4) is 0 Å². The quantitative estimate of drug-likeness (QED) is 0.780. The smallest absolute Gasteiger partial charge is 0.183 e. The van der Waals surface area contributed by atoms with Crippen molar-refractivity contribution in [2.24, 2.45) is 5.92 Å². The Bertz CT molecular complexity index is 529. The number of rotatable bonds is 5. The number of furan rings is 1. The van der Waals surface area contributed by atoms with Gasteiger partial charge < -0.3 is 9.73 Å². The predicted octanol–water partition coefficient (Wildman–Crippen LogP) is 5.05. The van der Waals surface area contributed by atoms with Gasteiger partial charge in [-0.15, -0.1) is 0 Å². The Morgan fingerprint density at radius 2 is 1.95 bits per heavy atom. The SMILES string of the molecule is Brc1cc(CNC(c2ccccc2)C2CC2)oc1Br. The third kappa shape index (κ3) is 3.30. The minimum absolute atomic E-state index is 0.434. The summed E-state index contributed by atoms with van der Waals surface area (Å²) in [7, 11) is 0. The van der Waals surface area contributed by atoms with Gasteiger partial charge >= 0.3 is 0 Å². The summed E-state index contributed by atoms with van der Waals surface area (Å²) in [6, 6.07) is 13.1. The Labute approximate surface area is 129 Å². The highest BCUT2D eigenvalue weighted by molar-refractivity contribution is 9.13. The van der Waals surface area contributed by atoms with Crippen LogP contribution >= 0.6 is 31.9 Å². The van der Waals surface area contributed by atoms with Crippen molar-refractivity contribution in [2.75, 3.05) is 0 Å². The first kappa shape index (κ1) is 13.4. The van der Waals surface area contributed by atoms with Crippen molar-refractivity contribution in [3.63, 3.8) is 0 Å². The first-order valence-corrected chi connectivity index (χ1v) is 8.04. The molecule has 1 N–H and O–H groups in total. The monoisotopic (exact) mass is 383 g/mol. The van der Waals surface area contributed by atoms with Gasteiger partial charge in [0.15, 0.2) is 4.67 Å². The van der Waals surface area contributed by atoms with Gasteiger partial charge in [-0.2, -0.15) is 0 Å². The van der Waals surface area contributed by atoms with Gasteiger partial charge in [-0.05, 0) is 62.2 Å². The standard InChI is InChI=1S/C15H15Br2NO/c16-13-8-12(19-15(13)17)9-18-14(11-6-7-11)10-4-2-1-3-5-10/h1-5,8,11,14,18H,6-7,9H2. The Hall–Kier alpha value is -0.580. The molecule has 1 aliphatic rings. The topological polar surface area (TPSA) is 25.2 Å². The molecule has 4 heteroatoms. The van der Waals surface area contributed by atoms with Crippen molar-refractivity contribution in [3.8, 4) is 0 Å². The largest absolute Gasteiger partial charge is 0.452 e. The van der Waals surface area contributed by atoms with Gasteiger partial charge in [0.25, 0.3) is 0 Å². The molecule has 2 aromatic rings. The van der Waals surface area contributed by atoms with E-state index in [4.69, 9.17) is 4.42 Å². The number of hydrogen-bond acceptors (Lipinski definition) is 2. The van der Waals surface area contributed by atoms with E-state index >= 15 is 0 Å². The minimum Gasteiger partial charge on any atom is -0.452 e. The third-order valence-corrected chi connectivity index (χ3v) is 5.15. The van der Waals surface area contributed by atoms with Gasteiger partial charge in [-0.25, -0.2) is 0 Å². The molecule has 3 rings (SSSR count). The number of benzene rings is 1. The summed E-state index contributed by atoms with van der Waals surface area (Å²) >= 11 is 6.81. The van der Waals surface area contributed by atoms with Crippen LogP contribution in [0, 0.1) is 5.92 Å².